The van der Waals surface area contributed by atoms with E-state index in [1.807, 2.05) is 0 Å². The van der Waals surface area contributed by atoms with Crippen LogP contribution < -0.4 is 5.32 Å². The van der Waals surface area contributed by atoms with Gasteiger partial charge in [0.2, 0.25) is 0 Å². The van der Waals surface area contributed by atoms with Crippen LogP contribution in [0.25, 0.3) is 10.1 Å². The molecular weight excluding hydrogens is 201 g/mol. The summed E-state index contributed by atoms with van der Waals surface area (Å²) in [6.45, 7) is 0. The van der Waals surface area contributed by atoms with Crippen molar-refractivity contribution < 1.29 is 9.18 Å². The Balaban J connectivity index is 2.56. The first-order valence-corrected chi connectivity index (χ1v) is 4.93. The average molecular weight is 209 g/mol. The summed E-state index contributed by atoms with van der Waals surface area (Å²) in [5, 5.41) is 3.43. The lowest BCUT2D eigenvalue weighted by Crippen LogP contribution is -2.15. The summed E-state index contributed by atoms with van der Waals surface area (Å²) in [4.78, 5) is 11.9. The van der Waals surface area contributed by atoms with Crippen LogP contribution in [0.4, 0.5) is 4.39 Å². The van der Waals surface area contributed by atoms with Gasteiger partial charge in [0.1, 0.15) is 5.82 Å². The van der Waals surface area contributed by atoms with E-state index in [0.29, 0.717) is 4.88 Å². The third-order valence-electron chi connectivity index (χ3n) is 1.93. The minimum Gasteiger partial charge on any atom is -0.354 e. The molecule has 0 unspecified atom stereocenters. The Morgan fingerprint density at radius 3 is 2.93 bits per heavy atom. The maximum absolute atomic E-state index is 12.8. The van der Waals surface area contributed by atoms with E-state index in [1.54, 1.807) is 19.2 Å². The van der Waals surface area contributed by atoms with E-state index in [2.05, 4.69) is 5.32 Å². The third-order valence-corrected chi connectivity index (χ3v) is 3.03. The van der Waals surface area contributed by atoms with Gasteiger partial charge in [-0.15, -0.1) is 11.3 Å². The van der Waals surface area contributed by atoms with Gasteiger partial charge < -0.3 is 5.32 Å². The predicted molar refractivity (Wildman–Crippen MR) is 55.2 cm³/mol. The van der Waals surface area contributed by atoms with Crippen molar-refractivity contribution >= 4 is 27.3 Å². The molecule has 0 atom stereocenters. The normalized spacial score (nSPS) is 10.4. The van der Waals surface area contributed by atoms with Crippen LogP contribution in [0.3, 0.4) is 0 Å². The molecule has 0 aliphatic rings. The third kappa shape index (κ3) is 1.48. The van der Waals surface area contributed by atoms with Crippen molar-refractivity contribution in [3.05, 3.63) is 35.0 Å². The quantitative estimate of drug-likeness (QED) is 0.767. The number of halogens is 1. The van der Waals surface area contributed by atoms with Gasteiger partial charge in [-0.2, -0.15) is 0 Å². The summed E-state index contributed by atoms with van der Waals surface area (Å²) in [6, 6.07) is 6.26. The van der Waals surface area contributed by atoms with Crippen LogP contribution in [-0.2, 0) is 0 Å². The number of benzene rings is 1. The van der Waals surface area contributed by atoms with Crippen molar-refractivity contribution in [2.24, 2.45) is 0 Å². The molecule has 1 N–H and O–H groups in total. The van der Waals surface area contributed by atoms with Crippen molar-refractivity contribution in [3.8, 4) is 0 Å². The maximum atomic E-state index is 12.8. The molecule has 0 aliphatic heterocycles. The predicted octanol–water partition coefficient (Wildman–Crippen LogP) is 2.40. The number of rotatable bonds is 1. The highest BCUT2D eigenvalue weighted by Crippen LogP contribution is 2.26. The number of amides is 1. The first-order valence-electron chi connectivity index (χ1n) is 4.12. The molecular formula is C10H8FNOS. The van der Waals surface area contributed by atoms with Gasteiger partial charge in [0.05, 0.1) is 4.88 Å². The van der Waals surface area contributed by atoms with E-state index in [1.165, 1.54) is 23.5 Å². The van der Waals surface area contributed by atoms with Crippen molar-refractivity contribution in [2.75, 3.05) is 7.05 Å². The molecule has 2 aromatic rings. The molecule has 0 bridgehead atoms. The Kier molecular flexibility index (Phi) is 2.21. The molecule has 1 aromatic heterocycles. The lowest BCUT2D eigenvalue weighted by molar-refractivity contribution is 0.0967. The molecule has 2 nitrogen and oxygen atoms in total. The lowest BCUT2D eigenvalue weighted by Gasteiger charge is -1.90. The van der Waals surface area contributed by atoms with E-state index in [4.69, 9.17) is 0 Å². The van der Waals surface area contributed by atoms with Gasteiger partial charge in [-0.05, 0) is 23.6 Å². The van der Waals surface area contributed by atoms with Gasteiger partial charge in [-0.1, -0.05) is 6.07 Å². The molecule has 0 saturated carbocycles. The minimum atomic E-state index is -0.275. The van der Waals surface area contributed by atoms with Gasteiger partial charge in [0.25, 0.3) is 5.91 Å². The number of nitrogens with one attached hydrogen (secondary N) is 1. The van der Waals surface area contributed by atoms with E-state index >= 15 is 0 Å². The van der Waals surface area contributed by atoms with Gasteiger partial charge in [-0.3, -0.25) is 4.79 Å². The molecule has 14 heavy (non-hydrogen) atoms. The number of carbonyl (C=O) groups excluding carboxylic acids is 1. The Bertz CT molecular complexity index is 492. The van der Waals surface area contributed by atoms with Crippen LogP contribution in [0.1, 0.15) is 9.67 Å². The molecule has 72 valence electrons. The summed E-state index contributed by atoms with van der Waals surface area (Å²) < 4.78 is 13.6. The largest absolute Gasteiger partial charge is 0.354 e. The van der Waals surface area contributed by atoms with E-state index in [0.717, 1.165) is 10.1 Å². The van der Waals surface area contributed by atoms with Gasteiger partial charge >= 0.3 is 0 Å². The highest BCUT2D eigenvalue weighted by Gasteiger charge is 2.08. The molecule has 0 aliphatic carbocycles. The SMILES string of the molecule is CNC(=O)c1cc2ccc(F)cc2s1. The molecule has 1 aromatic carbocycles. The van der Waals surface area contributed by atoms with Gasteiger partial charge in [-0.25, -0.2) is 4.39 Å². The second-order valence-corrected chi connectivity index (χ2v) is 3.96. The minimum absolute atomic E-state index is 0.133. The zero-order valence-corrected chi connectivity index (χ0v) is 8.32. The fourth-order valence-electron chi connectivity index (χ4n) is 1.24. The Morgan fingerprint density at radius 1 is 1.43 bits per heavy atom. The van der Waals surface area contributed by atoms with Gasteiger partial charge in [0, 0.05) is 11.7 Å². The second kappa shape index (κ2) is 3.38. The van der Waals surface area contributed by atoms with Crippen molar-refractivity contribution in [1.29, 1.82) is 0 Å². The summed E-state index contributed by atoms with van der Waals surface area (Å²) in [7, 11) is 1.58. The van der Waals surface area contributed by atoms with Crippen LogP contribution >= 0.6 is 11.3 Å². The summed E-state index contributed by atoms with van der Waals surface area (Å²) in [5.41, 5.74) is 0. The van der Waals surface area contributed by atoms with Crippen molar-refractivity contribution in [3.63, 3.8) is 0 Å². The first-order chi connectivity index (χ1) is 6.70. The monoisotopic (exact) mass is 209 g/mol. The molecule has 0 fully saturated rings. The molecule has 1 heterocycles. The molecule has 2 rings (SSSR count). The second-order valence-electron chi connectivity index (χ2n) is 2.87. The van der Waals surface area contributed by atoms with E-state index < -0.39 is 0 Å². The van der Waals surface area contributed by atoms with E-state index in [9.17, 15) is 9.18 Å². The summed E-state index contributed by atoms with van der Waals surface area (Å²) in [6.07, 6.45) is 0. The number of hydrogen-bond acceptors (Lipinski definition) is 2. The molecule has 0 radical (unpaired) electrons. The average Bonchev–Trinajstić information content (AvgIpc) is 2.59. The standard InChI is InChI=1S/C10H8FNOS/c1-12-10(13)9-4-6-2-3-7(11)5-8(6)14-9/h2-5H,1H3,(H,12,13). The fourth-order valence-corrected chi connectivity index (χ4v) is 2.27. The van der Waals surface area contributed by atoms with Gasteiger partial charge in [0.15, 0.2) is 0 Å². The molecule has 0 saturated heterocycles. The van der Waals surface area contributed by atoms with Crippen LogP contribution in [0.2, 0.25) is 0 Å². The molecule has 1 amide bonds. The highest BCUT2D eigenvalue weighted by molar-refractivity contribution is 7.20. The van der Waals surface area contributed by atoms with Crippen LogP contribution in [0.5, 0.6) is 0 Å². The number of fused-ring (bicyclic) bond motifs is 1. The first kappa shape index (κ1) is 9.15. The Labute approximate surface area is 84.4 Å². The highest BCUT2D eigenvalue weighted by atomic mass is 32.1. The van der Waals surface area contributed by atoms with Crippen molar-refractivity contribution in [2.45, 2.75) is 0 Å². The maximum Gasteiger partial charge on any atom is 0.261 e. The molecule has 0 spiro atoms. The zero-order chi connectivity index (χ0) is 10.1. The van der Waals surface area contributed by atoms with Crippen LogP contribution in [-0.4, -0.2) is 13.0 Å². The number of carbonyl (C=O) groups is 1. The number of thiophene rings is 1. The lowest BCUT2D eigenvalue weighted by atomic mass is 10.2. The smallest absolute Gasteiger partial charge is 0.261 e. The Hall–Kier alpha value is -1.42. The zero-order valence-electron chi connectivity index (χ0n) is 7.50. The summed E-state index contributed by atoms with van der Waals surface area (Å²) >= 11 is 1.29. The fraction of sp³-hybridized carbons (Fsp3) is 0.100. The van der Waals surface area contributed by atoms with Crippen LogP contribution in [0, 0.1) is 5.82 Å². The van der Waals surface area contributed by atoms with E-state index in [-0.39, 0.29) is 11.7 Å². The topological polar surface area (TPSA) is 29.1 Å². The molecule has 4 heteroatoms. The Morgan fingerprint density at radius 2 is 2.21 bits per heavy atom. The van der Waals surface area contributed by atoms with Crippen molar-refractivity contribution in [1.82, 2.24) is 5.32 Å². The summed E-state index contributed by atoms with van der Waals surface area (Å²) in [5.74, 6) is -0.408. The number of hydrogen-bond donors (Lipinski definition) is 1. The van der Waals surface area contributed by atoms with Crippen LogP contribution in [0.15, 0.2) is 24.3 Å².